The van der Waals surface area contributed by atoms with Gasteiger partial charge in [-0.15, -0.1) is 0 Å². The van der Waals surface area contributed by atoms with Crippen LogP contribution in [-0.2, 0) is 29.4 Å². The van der Waals surface area contributed by atoms with Crippen molar-refractivity contribution in [2.24, 2.45) is 0 Å². The smallest absolute Gasteiger partial charge is 0.282 e. The summed E-state index contributed by atoms with van der Waals surface area (Å²) in [4.78, 5) is 0.0664. The minimum Gasteiger partial charge on any atom is -0.282 e. The van der Waals surface area contributed by atoms with Crippen LogP contribution in [0.3, 0.4) is 0 Å². The van der Waals surface area contributed by atoms with Crippen molar-refractivity contribution < 1.29 is 13.0 Å². The Labute approximate surface area is 104 Å². The largest absolute Gasteiger partial charge is 0.294 e. The summed E-state index contributed by atoms with van der Waals surface area (Å²) >= 11 is 0. The molecule has 0 fully saturated rings. The Kier molecular flexibility index (Phi) is 4.71. The van der Waals surface area contributed by atoms with Crippen LogP contribution in [0, 0.1) is 0 Å². The molecule has 1 aromatic rings. The van der Waals surface area contributed by atoms with Crippen molar-refractivity contribution >= 4 is 10.1 Å². The molecule has 0 spiro atoms. The normalized spacial score (nSPS) is 11.8. The number of aryl methyl sites for hydroxylation is 3. The third kappa shape index (κ3) is 3.30. The van der Waals surface area contributed by atoms with Crippen LogP contribution in [0.2, 0.25) is 0 Å². The van der Waals surface area contributed by atoms with Gasteiger partial charge in [-0.1, -0.05) is 33.3 Å². The molecular weight excluding hydrogens is 236 g/mol. The van der Waals surface area contributed by atoms with E-state index in [4.69, 9.17) is 0 Å². The second kappa shape index (κ2) is 5.65. The second-order valence-electron chi connectivity index (χ2n) is 4.16. The molecule has 0 unspecified atom stereocenters. The molecule has 0 atom stereocenters. The van der Waals surface area contributed by atoms with Crippen LogP contribution >= 0.6 is 0 Å². The van der Waals surface area contributed by atoms with Gasteiger partial charge in [0.05, 0.1) is 4.90 Å². The summed E-state index contributed by atoms with van der Waals surface area (Å²) in [6, 6.07) is 3.55. The molecule has 0 aliphatic rings. The molecule has 0 saturated heterocycles. The van der Waals surface area contributed by atoms with Crippen molar-refractivity contribution in [2.45, 2.75) is 51.3 Å². The molecule has 0 bridgehead atoms. The quantitative estimate of drug-likeness (QED) is 0.824. The highest BCUT2D eigenvalue weighted by Crippen LogP contribution is 2.23. The monoisotopic (exact) mass is 256 g/mol. The predicted octanol–water partition coefficient (Wildman–Crippen LogP) is 3.01. The van der Waals surface area contributed by atoms with Crippen LogP contribution in [0.5, 0.6) is 0 Å². The van der Waals surface area contributed by atoms with Gasteiger partial charge in [0.15, 0.2) is 0 Å². The standard InChI is InChI=1S/C13H20O3S/c1-4-7-12-8-11(6-3)13(17(14,15)16)9-10(12)5-2/h8-9H,4-7H2,1-3H3,(H,14,15,16). The van der Waals surface area contributed by atoms with Crippen molar-refractivity contribution in [2.75, 3.05) is 0 Å². The van der Waals surface area contributed by atoms with E-state index < -0.39 is 10.1 Å². The molecule has 0 radical (unpaired) electrons. The molecule has 0 saturated carbocycles. The van der Waals surface area contributed by atoms with Crippen LogP contribution < -0.4 is 0 Å². The van der Waals surface area contributed by atoms with E-state index in [0.717, 1.165) is 24.8 Å². The molecule has 0 aromatic heterocycles. The van der Waals surface area contributed by atoms with Crippen LogP contribution in [-0.4, -0.2) is 13.0 Å². The first-order valence-corrected chi connectivity index (χ1v) is 7.50. The van der Waals surface area contributed by atoms with E-state index in [1.54, 1.807) is 6.07 Å². The number of benzene rings is 1. The molecule has 1 N–H and O–H groups in total. The lowest BCUT2D eigenvalue weighted by molar-refractivity contribution is 0.482. The molecule has 1 rings (SSSR count). The fourth-order valence-corrected chi connectivity index (χ4v) is 2.89. The van der Waals surface area contributed by atoms with Gasteiger partial charge in [-0.05, 0) is 42.0 Å². The highest BCUT2D eigenvalue weighted by atomic mass is 32.2. The Morgan fingerprint density at radius 1 is 1.00 bits per heavy atom. The molecule has 17 heavy (non-hydrogen) atoms. The zero-order valence-corrected chi connectivity index (χ0v) is 11.5. The highest BCUT2D eigenvalue weighted by molar-refractivity contribution is 7.85. The molecule has 0 aliphatic heterocycles. The first-order valence-electron chi connectivity index (χ1n) is 6.06. The van der Waals surface area contributed by atoms with Crippen molar-refractivity contribution in [1.29, 1.82) is 0 Å². The molecule has 4 heteroatoms. The molecule has 1 aromatic carbocycles. The van der Waals surface area contributed by atoms with Crippen molar-refractivity contribution in [3.63, 3.8) is 0 Å². The van der Waals surface area contributed by atoms with Gasteiger partial charge >= 0.3 is 0 Å². The number of rotatable bonds is 5. The molecule has 96 valence electrons. The maximum atomic E-state index is 11.3. The SMILES string of the molecule is CCCc1cc(CC)c(S(=O)(=O)O)cc1CC. The van der Waals surface area contributed by atoms with Crippen LogP contribution in [0.15, 0.2) is 17.0 Å². The molecule has 0 heterocycles. The van der Waals surface area contributed by atoms with Crippen LogP contribution in [0.1, 0.15) is 43.9 Å². The predicted molar refractivity (Wildman–Crippen MR) is 69.0 cm³/mol. The zero-order chi connectivity index (χ0) is 13.1. The molecule has 3 nitrogen and oxygen atoms in total. The average Bonchev–Trinajstić information content (AvgIpc) is 2.27. The minimum atomic E-state index is -4.11. The lowest BCUT2D eigenvalue weighted by Gasteiger charge is -2.13. The summed E-state index contributed by atoms with van der Waals surface area (Å²) in [5.74, 6) is 0. The van der Waals surface area contributed by atoms with Gasteiger partial charge in [0, 0.05) is 0 Å². The fraction of sp³-hybridized carbons (Fsp3) is 0.538. The fourth-order valence-electron chi connectivity index (χ4n) is 2.07. The van der Waals surface area contributed by atoms with E-state index in [0.29, 0.717) is 12.0 Å². The lowest BCUT2D eigenvalue weighted by Crippen LogP contribution is -2.06. The summed E-state index contributed by atoms with van der Waals surface area (Å²) in [7, 11) is -4.11. The van der Waals surface area contributed by atoms with E-state index in [2.05, 4.69) is 6.92 Å². The maximum Gasteiger partial charge on any atom is 0.294 e. The van der Waals surface area contributed by atoms with Gasteiger partial charge in [0.25, 0.3) is 10.1 Å². The van der Waals surface area contributed by atoms with Gasteiger partial charge in [0.1, 0.15) is 0 Å². The van der Waals surface area contributed by atoms with Crippen molar-refractivity contribution in [3.8, 4) is 0 Å². The summed E-state index contributed by atoms with van der Waals surface area (Å²) in [6.07, 6.45) is 3.36. The summed E-state index contributed by atoms with van der Waals surface area (Å²) in [6.45, 7) is 5.99. The summed E-state index contributed by atoms with van der Waals surface area (Å²) < 4.78 is 31.8. The number of hydrogen-bond acceptors (Lipinski definition) is 2. The van der Waals surface area contributed by atoms with Crippen LogP contribution in [0.25, 0.3) is 0 Å². The zero-order valence-electron chi connectivity index (χ0n) is 10.7. The second-order valence-corrected chi connectivity index (χ2v) is 5.55. The van der Waals surface area contributed by atoms with E-state index in [1.165, 1.54) is 5.56 Å². The van der Waals surface area contributed by atoms with Crippen LogP contribution in [0.4, 0.5) is 0 Å². The van der Waals surface area contributed by atoms with E-state index in [9.17, 15) is 13.0 Å². The third-order valence-electron chi connectivity index (χ3n) is 2.94. The van der Waals surface area contributed by atoms with Gasteiger partial charge in [0.2, 0.25) is 0 Å². The molecule has 0 amide bonds. The van der Waals surface area contributed by atoms with E-state index >= 15 is 0 Å². The van der Waals surface area contributed by atoms with Gasteiger partial charge in [-0.3, -0.25) is 4.55 Å². The highest BCUT2D eigenvalue weighted by Gasteiger charge is 2.17. The van der Waals surface area contributed by atoms with E-state index in [-0.39, 0.29) is 4.90 Å². The van der Waals surface area contributed by atoms with E-state index in [1.807, 2.05) is 19.9 Å². The Balaban J connectivity index is 3.43. The van der Waals surface area contributed by atoms with Gasteiger partial charge in [-0.25, -0.2) is 0 Å². The summed E-state index contributed by atoms with van der Waals surface area (Å²) in [5.41, 5.74) is 2.91. The maximum absolute atomic E-state index is 11.3. The lowest BCUT2D eigenvalue weighted by atomic mass is 9.97. The van der Waals surface area contributed by atoms with Crippen molar-refractivity contribution in [1.82, 2.24) is 0 Å². The third-order valence-corrected chi connectivity index (χ3v) is 3.88. The first-order chi connectivity index (χ1) is 7.93. The van der Waals surface area contributed by atoms with Gasteiger partial charge < -0.3 is 0 Å². The summed E-state index contributed by atoms with van der Waals surface area (Å²) in [5, 5.41) is 0. The minimum absolute atomic E-state index is 0.0664. The molecular formula is C13H20O3S. The molecule has 0 aliphatic carbocycles. The Morgan fingerprint density at radius 2 is 1.59 bits per heavy atom. The number of hydrogen-bond donors (Lipinski definition) is 1. The Hall–Kier alpha value is -0.870. The Bertz CT molecular complexity index is 490. The van der Waals surface area contributed by atoms with Gasteiger partial charge in [-0.2, -0.15) is 8.42 Å². The van der Waals surface area contributed by atoms with Crippen molar-refractivity contribution in [3.05, 3.63) is 28.8 Å². The first kappa shape index (κ1) is 14.2. The topological polar surface area (TPSA) is 54.4 Å². The Morgan fingerprint density at radius 3 is 2.00 bits per heavy atom. The average molecular weight is 256 g/mol.